The van der Waals surface area contributed by atoms with Crippen LogP contribution in [0.4, 0.5) is 0 Å². The summed E-state index contributed by atoms with van der Waals surface area (Å²) in [6, 6.07) is 19.9. The van der Waals surface area contributed by atoms with Crippen LogP contribution in [0, 0.1) is 0 Å². The van der Waals surface area contributed by atoms with Crippen LogP contribution in [-0.2, 0) is 24.6 Å². The Balaban J connectivity index is 0.785. The molecule has 4 aromatic rings. The Morgan fingerprint density at radius 3 is 1.77 bits per heavy atom. The van der Waals surface area contributed by atoms with Crippen molar-refractivity contribution in [2.45, 2.75) is 102 Å². The first-order valence-corrected chi connectivity index (χ1v) is 25.7. The molecule has 2 aliphatic heterocycles. The largest absolute Gasteiger partial charge is 0.508 e. The fraction of sp³-hybridized carbons (Fsp3) is 0.436. The lowest BCUT2D eigenvalue weighted by atomic mass is 9.77. The maximum Gasteiger partial charge on any atom is 0.340 e. The Kier molecular flexibility index (Phi) is 21.2. The highest BCUT2D eigenvalue weighted by Gasteiger charge is 2.53. The predicted octanol–water partition coefficient (Wildman–Crippen LogP) is 9.89. The molecule has 2 heterocycles. The van der Waals surface area contributed by atoms with E-state index in [0.717, 1.165) is 37.4 Å². The number of amides is 3. The van der Waals surface area contributed by atoms with Gasteiger partial charge in [-0.05, 0) is 92.8 Å². The molecule has 0 saturated heterocycles. The van der Waals surface area contributed by atoms with Crippen LogP contribution in [0.15, 0.2) is 91.0 Å². The molecule has 0 radical (unpaired) electrons. The van der Waals surface area contributed by atoms with Crippen LogP contribution in [0.2, 0.25) is 0 Å². The minimum Gasteiger partial charge on any atom is -0.508 e. The molecular formula is C55H67N3O11S. The van der Waals surface area contributed by atoms with Crippen LogP contribution in [0.25, 0.3) is 0 Å². The number of carbonyl (C=O) groups is 5. The van der Waals surface area contributed by atoms with Crippen LogP contribution in [-0.4, -0.2) is 90.8 Å². The smallest absolute Gasteiger partial charge is 0.340 e. The van der Waals surface area contributed by atoms with Crippen molar-refractivity contribution in [1.82, 2.24) is 16.0 Å². The maximum atomic E-state index is 13.4. The molecule has 0 atom stereocenters. The van der Waals surface area contributed by atoms with Crippen molar-refractivity contribution >= 4 is 40.6 Å². The summed E-state index contributed by atoms with van der Waals surface area (Å²) >= 11 is 1.02. The predicted molar refractivity (Wildman–Crippen MR) is 270 cm³/mol. The normalized spacial score (nSPS) is 13.0. The summed E-state index contributed by atoms with van der Waals surface area (Å²) in [6.45, 7) is 4.58. The van der Waals surface area contributed by atoms with E-state index in [-0.39, 0.29) is 63.4 Å². The number of thioether (sulfide) groups is 1. The average Bonchev–Trinajstić information content (AvgIpc) is 3.65. The highest BCUT2D eigenvalue weighted by Crippen LogP contribution is 2.57. The van der Waals surface area contributed by atoms with E-state index in [1.807, 2.05) is 0 Å². The third-order valence-corrected chi connectivity index (χ3v) is 13.1. The van der Waals surface area contributed by atoms with Crippen LogP contribution < -0.4 is 20.7 Å². The number of ether oxygens (including phenoxy) is 4. The topological polar surface area (TPSA) is 199 Å². The van der Waals surface area contributed by atoms with E-state index in [1.165, 1.54) is 88.1 Å². The van der Waals surface area contributed by atoms with Crippen molar-refractivity contribution in [3.8, 4) is 23.0 Å². The number of benzene rings is 4. The molecule has 0 unspecified atom stereocenters. The number of phenolic OH excluding ortho intramolecular Hbond substituents is 2. The average molecular weight is 978 g/mol. The number of rotatable bonds is 30. The van der Waals surface area contributed by atoms with Gasteiger partial charge in [0.15, 0.2) is 5.60 Å². The zero-order valence-corrected chi connectivity index (χ0v) is 41.0. The van der Waals surface area contributed by atoms with Crippen LogP contribution in [0.5, 0.6) is 23.0 Å². The first-order valence-electron chi connectivity index (χ1n) is 24.7. The number of nitrogens with one attached hydrogen (secondary N) is 3. The molecule has 15 heteroatoms. The summed E-state index contributed by atoms with van der Waals surface area (Å²) in [7, 11) is 0. The molecule has 0 fully saturated rings. The quantitative estimate of drug-likeness (QED) is 0.0189. The summed E-state index contributed by atoms with van der Waals surface area (Å²) in [5, 5.41) is 28.6. The number of esters is 1. The fourth-order valence-electron chi connectivity index (χ4n) is 8.47. The van der Waals surface area contributed by atoms with Gasteiger partial charge in [0.2, 0.25) is 11.0 Å². The second-order valence-corrected chi connectivity index (χ2v) is 18.5. The number of hydrogen-bond donors (Lipinski definition) is 5. The summed E-state index contributed by atoms with van der Waals surface area (Å²) in [4.78, 5) is 64.3. The Hall–Kier alpha value is -6.16. The van der Waals surface area contributed by atoms with E-state index in [1.54, 1.807) is 48.5 Å². The van der Waals surface area contributed by atoms with Crippen LogP contribution in [0.3, 0.4) is 0 Å². The summed E-state index contributed by atoms with van der Waals surface area (Å²) in [5.74, 6) is -0.694. The summed E-state index contributed by atoms with van der Waals surface area (Å²) < 4.78 is 23.2. The highest BCUT2D eigenvalue weighted by atomic mass is 32.2. The molecule has 4 aromatic carbocycles. The molecule has 6 rings (SSSR count). The molecule has 0 bridgehead atoms. The second-order valence-electron chi connectivity index (χ2n) is 17.4. The van der Waals surface area contributed by atoms with Crippen LogP contribution in [0.1, 0.15) is 155 Å². The number of aromatic hydroxyl groups is 2. The SMILES string of the molecule is CCCCCCCC/C=C\CCCCCCCC(=O)NCCOCCOCCNC(=O)c1ccc(C(=O)SCCNC(=O)c2ccc3c(c2)C(=O)OC32c3ccc(O)cc3Oc3cc(O)ccc32)cc1. The van der Waals surface area contributed by atoms with Gasteiger partial charge >= 0.3 is 5.97 Å². The van der Waals surface area contributed by atoms with E-state index in [4.69, 9.17) is 18.9 Å². The minimum atomic E-state index is -1.44. The molecule has 1 spiro atoms. The third-order valence-electron chi connectivity index (χ3n) is 12.2. The van der Waals surface area contributed by atoms with Gasteiger partial charge in [0, 0.05) is 77.3 Å². The molecule has 0 saturated carbocycles. The number of allylic oxidation sites excluding steroid dienone is 2. The second kappa shape index (κ2) is 27.9. The number of fused-ring (bicyclic) bond motifs is 6. The van der Waals surface area contributed by atoms with Gasteiger partial charge < -0.3 is 45.1 Å². The molecule has 0 aliphatic carbocycles. The fourth-order valence-corrected chi connectivity index (χ4v) is 9.16. The molecule has 70 heavy (non-hydrogen) atoms. The van der Waals surface area contributed by atoms with E-state index >= 15 is 0 Å². The van der Waals surface area contributed by atoms with Crippen molar-refractivity contribution in [3.63, 3.8) is 0 Å². The summed E-state index contributed by atoms with van der Waals surface area (Å²) in [5.41, 5.74) is 1.17. The van der Waals surface area contributed by atoms with E-state index in [9.17, 15) is 34.2 Å². The lowest BCUT2D eigenvalue weighted by Gasteiger charge is -2.36. The van der Waals surface area contributed by atoms with Gasteiger partial charge in [0.1, 0.15) is 23.0 Å². The first kappa shape index (κ1) is 53.2. The van der Waals surface area contributed by atoms with Gasteiger partial charge in [-0.25, -0.2) is 4.79 Å². The Morgan fingerprint density at radius 2 is 1.13 bits per heavy atom. The number of hydrogen-bond acceptors (Lipinski definition) is 12. The molecule has 0 aromatic heterocycles. The van der Waals surface area contributed by atoms with E-state index in [0.29, 0.717) is 73.8 Å². The third kappa shape index (κ3) is 15.2. The Bertz CT molecular complexity index is 2370. The standard InChI is InChI=1S/C55H67N3O11S/c1-2-3-4-5-6-7-8-9-10-11-12-13-14-15-16-17-50(61)56-28-31-66-33-34-67-32-29-57-51(62)39-18-20-40(21-19-39)54(65)70-35-30-58-52(63)41-22-25-45-44(36-41)53(64)69-55(45)46-26-23-42(59)37-48(46)68-49-38-43(60)24-27-47(49)55/h9-10,18-27,36-38,59-60H,2-8,11-17,28-35H2,1H3,(H,56,61)(H,57,62)(H,58,63)/b10-9-. The Labute approximate surface area is 415 Å². The molecule has 2 aliphatic rings. The monoisotopic (exact) mass is 977 g/mol. The molecule has 3 amide bonds. The van der Waals surface area contributed by atoms with Gasteiger partial charge in [0.25, 0.3) is 11.8 Å². The van der Waals surface area contributed by atoms with Crippen molar-refractivity contribution in [3.05, 3.63) is 130 Å². The van der Waals surface area contributed by atoms with Crippen molar-refractivity contribution in [2.75, 3.05) is 51.8 Å². The zero-order valence-electron chi connectivity index (χ0n) is 40.2. The highest BCUT2D eigenvalue weighted by molar-refractivity contribution is 8.14. The van der Waals surface area contributed by atoms with Crippen molar-refractivity contribution in [2.24, 2.45) is 0 Å². The molecule has 374 valence electrons. The van der Waals surface area contributed by atoms with Gasteiger partial charge in [-0.2, -0.15) is 0 Å². The van der Waals surface area contributed by atoms with E-state index < -0.39 is 17.5 Å². The van der Waals surface area contributed by atoms with Crippen molar-refractivity contribution < 1.29 is 53.1 Å². The first-order chi connectivity index (χ1) is 34.1. The van der Waals surface area contributed by atoms with E-state index in [2.05, 4.69) is 35.0 Å². The van der Waals surface area contributed by atoms with Gasteiger partial charge in [0.05, 0.1) is 32.0 Å². The maximum absolute atomic E-state index is 13.4. The summed E-state index contributed by atoms with van der Waals surface area (Å²) in [6.07, 6.45) is 21.2. The lowest BCUT2D eigenvalue weighted by Crippen LogP contribution is -2.33. The Morgan fingerprint density at radius 1 is 0.600 bits per heavy atom. The molecular weight excluding hydrogens is 911 g/mol. The number of carbonyl (C=O) groups excluding carboxylic acids is 5. The van der Waals surface area contributed by atoms with Gasteiger partial charge in [-0.3, -0.25) is 19.2 Å². The zero-order chi connectivity index (χ0) is 49.6. The number of phenols is 2. The molecule has 14 nitrogen and oxygen atoms in total. The number of unbranched alkanes of at least 4 members (excludes halogenated alkanes) is 11. The van der Waals surface area contributed by atoms with Crippen LogP contribution >= 0.6 is 11.8 Å². The minimum absolute atomic E-state index is 0.0529. The molecule has 5 N–H and O–H groups in total. The van der Waals surface area contributed by atoms with Gasteiger partial charge in [-0.15, -0.1) is 0 Å². The lowest BCUT2D eigenvalue weighted by molar-refractivity contribution is -0.121. The van der Waals surface area contributed by atoms with Gasteiger partial charge in [-0.1, -0.05) is 88.3 Å². The van der Waals surface area contributed by atoms with Crippen molar-refractivity contribution in [1.29, 1.82) is 0 Å².